The van der Waals surface area contributed by atoms with E-state index in [0.29, 0.717) is 24.2 Å². The third-order valence-corrected chi connectivity index (χ3v) is 5.44. The number of carbonyl (C=O) groups is 2. The molecule has 3 aromatic rings. The van der Waals surface area contributed by atoms with Crippen molar-refractivity contribution in [2.75, 3.05) is 14.2 Å². The van der Waals surface area contributed by atoms with Crippen LogP contribution in [0.4, 0.5) is 0 Å². The molecule has 1 heterocycles. The number of carboxylic acid groups (broad SMARTS) is 1. The van der Waals surface area contributed by atoms with Crippen LogP contribution in [0.3, 0.4) is 0 Å². The predicted octanol–water partition coefficient (Wildman–Crippen LogP) is 4.84. The third kappa shape index (κ3) is 5.26. The minimum Gasteiger partial charge on any atom is -0.496 e. The minimum atomic E-state index is -0.765. The number of hydrogen-bond acceptors (Lipinski definition) is 4. The standard InChI is InChI=1S/C25H29NO5/c1-4-12-26-16-20(14-18-9-10-19(25(29)31-3)15-23(18)30-2)21-13-17(8-11-22(21)26)6-5-7-24(27)28/h8-11,13,15-16H,4-7,12,14H2,1-3H3,(H,27,28). The number of aliphatic carboxylic acids is 1. The number of fused-ring (bicyclic) bond motifs is 1. The van der Waals surface area contributed by atoms with Gasteiger partial charge in [-0.2, -0.15) is 0 Å². The van der Waals surface area contributed by atoms with Crippen molar-refractivity contribution in [2.24, 2.45) is 0 Å². The molecule has 0 aliphatic carbocycles. The number of carbonyl (C=O) groups excluding carboxylic acids is 1. The molecular weight excluding hydrogens is 394 g/mol. The van der Waals surface area contributed by atoms with Crippen molar-refractivity contribution in [1.82, 2.24) is 4.57 Å². The molecular formula is C25H29NO5. The molecule has 0 spiro atoms. The average molecular weight is 424 g/mol. The van der Waals surface area contributed by atoms with Gasteiger partial charge in [-0.1, -0.05) is 19.1 Å². The molecule has 1 N–H and O–H groups in total. The molecule has 6 heteroatoms. The Bertz CT molecular complexity index is 1080. The second-order valence-corrected chi connectivity index (χ2v) is 7.64. The van der Waals surface area contributed by atoms with Crippen LogP contribution in [0.5, 0.6) is 5.75 Å². The fourth-order valence-corrected chi connectivity index (χ4v) is 3.92. The van der Waals surface area contributed by atoms with Crippen LogP contribution in [0.2, 0.25) is 0 Å². The van der Waals surface area contributed by atoms with Gasteiger partial charge >= 0.3 is 11.9 Å². The molecule has 164 valence electrons. The van der Waals surface area contributed by atoms with E-state index in [0.717, 1.165) is 30.5 Å². The molecule has 0 saturated heterocycles. The highest BCUT2D eigenvalue weighted by atomic mass is 16.5. The van der Waals surface area contributed by atoms with E-state index in [-0.39, 0.29) is 6.42 Å². The first-order chi connectivity index (χ1) is 15.0. The summed E-state index contributed by atoms with van der Waals surface area (Å²) in [5, 5.41) is 10.1. The zero-order chi connectivity index (χ0) is 22.4. The summed E-state index contributed by atoms with van der Waals surface area (Å²) >= 11 is 0. The van der Waals surface area contributed by atoms with Gasteiger partial charge in [-0.3, -0.25) is 4.79 Å². The molecule has 0 atom stereocenters. The first kappa shape index (κ1) is 22.4. The van der Waals surface area contributed by atoms with Crippen molar-refractivity contribution in [3.8, 4) is 5.75 Å². The molecule has 3 rings (SSSR count). The molecule has 31 heavy (non-hydrogen) atoms. The van der Waals surface area contributed by atoms with Crippen molar-refractivity contribution >= 4 is 22.8 Å². The Morgan fingerprint density at radius 1 is 1.06 bits per heavy atom. The number of hydrogen-bond donors (Lipinski definition) is 1. The van der Waals surface area contributed by atoms with Crippen LogP contribution < -0.4 is 4.74 Å². The van der Waals surface area contributed by atoms with E-state index in [4.69, 9.17) is 14.6 Å². The minimum absolute atomic E-state index is 0.172. The summed E-state index contributed by atoms with van der Waals surface area (Å²) in [6.45, 7) is 3.08. The number of benzene rings is 2. The molecule has 0 saturated carbocycles. The van der Waals surface area contributed by atoms with Crippen LogP contribution in [0.1, 0.15) is 53.2 Å². The highest BCUT2D eigenvalue weighted by Crippen LogP contribution is 2.30. The lowest BCUT2D eigenvalue weighted by Crippen LogP contribution is -2.03. The van der Waals surface area contributed by atoms with Crippen molar-refractivity contribution in [1.29, 1.82) is 0 Å². The summed E-state index contributed by atoms with van der Waals surface area (Å²) in [6, 6.07) is 11.8. The zero-order valence-electron chi connectivity index (χ0n) is 18.3. The third-order valence-electron chi connectivity index (χ3n) is 5.44. The number of carboxylic acids is 1. The van der Waals surface area contributed by atoms with Gasteiger partial charge in [0.15, 0.2) is 0 Å². The van der Waals surface area contributed by atoms with Gasteiger partial charge in [0.05, 0.1) is 19.8 Å². The van der Waals surface area contributed by atoms with E-state index in [1.54, 1.807) is 19.2 Å². The molecule has 6 nitrogen and oxygen atoms in total. The number of nitrogens with zero attached hydrogens (tertiary/aromatic N) is 1. The first-order valence-corrected chi connectivity index (χ1v) is 10.5. The molecule has 2 aromatic carbocycles. The Hall–Kier alpha value is -3.28. The highest BCUT2D eigenvalue weighted by molar-refractivity contribution is 5.90. The molecule has 0 radical (unpaired) electrons. The molecule has 0 aliphatic rings. The Morgan fingerprint density at radius 3 is 2.55 bits per heavy atom. The Balaban J connectivity index is 1.96. The van der Waals surface area contributed by atoms with Gasteiger partial charge in [-0.15, -0.1) is 0 Å². The molecule has 0 fully saturated rings. The van der Waals surface area contributed by atoms with Crippen molar-refractivity contribution < 1.29 is 24.2 Å². The highest BCUT2D eigenvalue weighted by Gasteiger charge is 2.15. The zero-order valence-corrected chi connectivity index (χ0v) is 18.3. The first-order valence-electron chi connectivity index (χ1n) is 10.5. The fraction of sp³-hybridized carbons (Fsp3) is 0.360. The lowest BCUT2D eigenvalue weighted by Gasteiger charge is -2.10. The monoisotopic (exact) mass is 423 g/mol. The number of rotatable bonds is 10. The van der Waals surface area contributed by atoms with Gasteiger partial charge in [-0.25, -0.2) is 4.79 Å². The number of methoxy groups -OCH3 is 2. The van der Waals surface area contributed by atoms with Crippen LogP contribution >= 0.6 is 0 Å². The van der Waals surface area contributed by atoms with E-state index in [1.807, 2.05) is 6.07 Å². The van der Waals surface area contributed by atoms with Gasteiger partial charge in [0.2, 0.25) is 0 Å². The molecule has 0 unspecified atom stereocenters. The molecule has 0 bridgehead atoms. The van der Waals surface area contributed by atoms with Gasteiger partial charge in [0.1, 0.15) is 5.75 Å². The van der Waals surface area contributed by atoms with Gasteiger partial charge < -0.3 is 19.1 Å². The quantitative estimate of drug-likeness (QED) is 0.472. The van der Waals surface area contributed by atoms with Crippen LogP contribution in [-0.2, 0) is 28.9 Å². The molecule has 0 aliphatic heterocycles. The Kier molecular flexibility index (Phi) is 7.34. The summed E-state index contributed by atoms with van der Waals surface area (Å²) in [6.07, 6.45) is 5.40. The van der Waals surface area contributed by atoms with Crippen LogP contribution in [0.25, 0.3) is 10.9 Å². The smallest absolute Gasteiger partial charge is 0.337 e. The summed E-state index contributed by atoms with van der Waals surface area (Å²) in [7, 11) is 2.96. The lowest BCUT2D eigenvalue weighted by molar-refractivity contribution is -0.137. The second-order valence-electron chi connectivity index (χ2n) is 7.64. The summed E-state index contributed by atoms with van der Waals surface area (Å²) in [5.41, 5.74) is 4.92. The van der Waals surface area contributed by atoms with Crippen LogP contribution in [0.15, 0.2) is 42.6 Å². The van der Waals surface area contributed by atoms with E-state index >= 15 is 0 Å². The Morgan fingerprint density at radius 2 is 1.87 bits per heavy atom. The SMILES string of the molecule is CCCn1cc(Cc2ccc(C(=O)OC)cc2OC)c2cc(CCCC(=O)O)ccc21. The van der Waals surface area contributed by atoms with Crippen LogP contribution in [0, 0.1) is 0 Å². The number of aryl methyl sites for hydroxylation is 2. The van der Waals surface area contributed by atoms with Crippen molar-refractivity contribution in [2.45, 2.75) is 45.6 Å². The fourth-order valence-electron chi connectivity index (χ4n) is 3.92. The topological polar surface area (TPSA) is 77.8 Å². The predicted molar refractivity (Wildman–Crippen MR) is 120 cm³/mol. The van der Waals surface area contributed by atoms with E-state index in [2.05, 4.69) is 35.9 Å². The average Bonchev–Trinajstić information content (AvgIpc) is 3.10. The van der Waals surface area contributed by atoms with Gasteiger partial charge in [-0.05, 0) is 60.2 Å². The van der Waals surface area contributed by atoms with Crippen molar-refractivity contribution in [3.63, 3.8) is 0 Å². The largest absolute Gasteiger partial charge is 0.496 e. The van der Waals surface area contributed by atoms with E-state index in [1.165, 1.54) is 23.6 Å². The van der Waals surface area contributed by atoms with Gasteiger partial charge in [0.25, 0.3) is 0 Å². The van der Waals surface area contributed by atoms with Crippen molar-refractivity contribution in [3.05, 3.63) is 64.8 Å². The Labute approximate surface area is 182 Å². The van der Waals surface area contributed by atoms with E-state index < -0.39 is 11.9 Å². The maximum absolute atomic E-state index is 11.8. The van der Waals surface area contributed by atoms with E-state index in [9.17, 15) is 9.59 Å². The summed E-state index contributed by atoms with van der Waals surface area (Å²) in [4.78, 5) is 22.7. The maximum atomic E-state index is 11.8. The van der Waals surface area contributed by atoms with Gasteiger partial charge in [0, 0.05) is 36.5 Å². The molecule has 0 amide bonds. The van der Waals surface area contributed by atoms with Crippen LogP contribution in [-0.4, -0.2) is 35.8 Å². The summed E-state index contributed by atoms with van der Waals surface area (Å²) in [5.74, 6) is -0.509. The number of ether oxygens (including phenoxy) is 2. The number of aromatic nitrogens is 1. The lowest BCUT2D eigenvalue weighted by atomic mass is 9.99. The maximum Gasteiger partial charge on any atom is 0.337 e. The second kappa shape index (κ2) is 10.2. The molecule has 1 aromatic heterocycles. The summed E-state index contributed by atoms with van der Waals surface area (Å²) < 4.78 is 12.6. The normalized spacial score (nSPS) is 10.9. The number of esters is 1.